The van der Waals surface area contributed by atoms with E-state index in [1.54, 1.807) is 35.0 Å². The van der Waals surface area contributed by atoms with Crippen molar-refractivity contribution < 1.29 is 27.2 Å². The van der Waals surface area contributed by atoms with Gasteiger partial charge in [0.1, 0.15) is 18.0 Å². The summed E-state index contributed by atoms with van der Waals surface area (Å²) in [6.07, 6.45) is -2.39. The Morgan fingerprint density at radius 2 is 1.82 bits per heavy atom. The summed E-state index contributed by atoms with van der Waals surface area (Å²) in [6, 6.07) is 16.0. The standard InChI is InChI=1S/C23H18ClF3N4O3/c24-17-7-3-15(4-8-17)11-12-28-20(32)14-31-13-1-2-19(31)22-29-21(30-34-22)16-5-9-18(10-6-16)33-23(25,26)27/h1-10,13H,11-12,14H2,(H,28,32). The number of amides is 1. The van der Waals surface area contributed by atoms with Gasteiger partial charge in [0, 0.05) is 23.3 Å². The molecule has 1 amide bonds. The van der Waals surface area contributed by atoms with Crippen LogP contribution in [0.4, 0.5) is 13.2 Å². The van der Waals surface area contributed by atoms with Crippen LogP contribution in [0.15, 0.2) is 71.4 Å². The van der Waals surface area contributed by atoms with E-state index in [0.717, 1.165) is 17.7 Å². The normalized spacial score (nSPS) is 11.4. The van der Waals surface area contributed by atoms with Crippen LogP contribution in [0.5, 0.6) is 5.75 Å². The molecule has 2 heterocycles. The smallest absolute Gasteiger partial charge is 0.406 e. The number of aromatic nitrogens is 3. The second kappa shape index (κ2) is 10.0. The SMILES string of the molecule is O=C(Cn1cccc1-c1nc(-c2ccc(OC(F)(F)F)cc2)no1)NCCc1ccc(Cl)cc1. The highest BCUT2D eigenvalue weighted by molar-refractivity contribution is 6.30. The fourth-order valence-corrected chi connectivity index (χ4v) is 3.33. The highest BCUT2D eigenvalue weighted by Crippen LogP contribution is 2.27. The Morgan fingerprint density at radius 1 is 1.09 bits per heavy atom. The van der Waals surface area contributed by atoms with Crippen molar-refractivity contribution in [3.8, 4) is 28.7 Å². The van der Waals surface area contributed by atoms with Gasteiger partial charge < -0.3 is 19.1 Å². The lowest BCUT2D eigenvalue weighted by molar-refractivity contribution is -0.274. The number of alkyl halides is 3. The quantitative estimate of drug-likeness (QED) is 0.371. The van der Waals surface area contributed by atoms with Crippen LogP contribution in [0.1, 0.15) is 5.56 Å². The molecule has 0 aliphatic carbocycles. The van der Waals surface area contributed by atoms with E-state index in [4.69, 9.17) is 16.1 Å². The predicted molar refractivity (Wildman–Crippen MR) is 118 cm³/mol. The first-order valence-electron chi connectivity index (χ1n) is 10.1. The molecular weight excluding hydrogens is 473 g/mol. The summed E-state index contributed by atoms with van der Waals surface area (Å²) in [5.41, 5.74) is 2.04. The van der Waals surface area contributed by atoms with Crippen molar-refractivity contribution in [2.45, 2.75) is 19.3 Å². The number of carbonyl (C=O) groups is 1. The average Bonchev–Trinajstić information content (AvgIpc) is 3.44. The van der Waals surface area contributed by atoms with Gasteiger partial charge in [0.15, 0.2) is 0 Å². The van der Waals surface area contributed by atoms with E-state index < -0.39 is 6.36 Å². The van der Waals surface area contributed by atoms with Crippen molar-refractivity contribution in [1.82, 2.24) is 20.0 Å². The second-order valence-corrected chi connectivity index (χ2v) is 7.68. The molecule has 0 unspecified atom stereocenters. The van der Waals surface area contributed by atoms with E-state index in [1.165, 1.54) is 12.1 Å². The maximum atomic E-state index is 12.4. The molecule has 0 spiro atoms. The molecular formula is C23H18ClF3N4O3. The topological polar surface area (TPSA) is 82.2 Å². The number of halogens is 4. The zero-order chi connectivity index (χ0) is 24.1. The molecule has 1 N–H and O–H groups in total. The van der Waals surface area contributed by atoms with Gasteiger partial charge >= 0.3 is 6.36 Å². The Balaban J connectivity index is 1.37. The van der Waals surface area contributed by atoms with Gasteiger partial charge in [-0.05, 0) is 60.5 Å². The molecule has 2 aromatic carbocycles. The minimum atomic E-state index is -4.77. The van der Waals surface area contributed by atoms with Gasteiger partial charge in [0.05, 0.1) is 0 Å². The van der Waals surface area contributed by atoms with Crippen LogP contribution in [0.25, 0.3) is 23.0 Å². The minimum absolute atomic E-state index is 0.0458. The number of hydrogen-bond donors (Lipinski definition) is 1. The van der Waals surface area contributed by atoms with E-state index in [-0.39, 0.29) is 29.9 Å². The molecule has 7 nitrogen and oxygen atoms in total. The number of benzene rings is 2. The number of ether oxygens (including phenoxy) is 1. The van der Waals surface area contributed by atoms with E-state index in [9.17, 15) is 18.0 Å². The molecule has 0 saturated heterocycles. The molecule has 4 aromatic rings. The summed E-state index contributed by atoms with van der Waals surface area (Å²) in [7, 11) is 0. The predicted octanol–water partition coefficient (Wildman–Crippen LogP) is 5.12. The highest BCUT2D eigenvalue weighted by atomic mass is 35.5. The number of nitrogens with one attached hydrogen (secondary N) is 1. The van der Waals surface area contributed by atoms with Crippen molar-refractivity contribution >= 4 is 17.5 Å². The van der Waals surface area contributed by atoms with Crippen molar-refractivity contribution in [2.75, 3.05) is 6.54 Å². The molecule has 0 fully saturated rings. The van der Waals surface area contributed by atoms with E-state index in [0.29, 0.717) is 29.2 Å². The van der Waals surface area contributed by atoms with Crippen molar-refractivity contribution in [1.29, 1.82) is 0 Å². The molecule has 176 valence electrons. The fraction of sp³-hybridized carbons (Fsp3) is 0.174. The third-order valence-electron chi connectivity index (χ3n) is 4.78. The van der Waals surface area contributed by atoms with Crippen molar-refractivity contribution in [3.63, 3.8) is 0 Å². The van der Waals surface area contributed by atoms with Gasteiger partial charge in [0.25, 0.3) is 5.89 Å². The van der Waals surface area contributed by atoms with Gasteiger partial charge in [-0.3, -0.25) is 4.79 Å². The number of nitrogens with zero attached hydrogens (tertiary/aromatic N) is 3. The van der Waals surface area contributed by atoms with Crippen molar-refractivity contribution in [2.24, 2.45) is 0 Å². The summed E-state index contributed by atoms with van der Waals surface area (Å²) in [5.74, 6) is -0.180. The molecule has 11 heteroatoms. The van der Waals surface area contributed by atoms with Crippen LogP contribution in [0.2, 0.25) is 5.02 Å². The average molecular weight is 491 g/mol. The largest absolute Gasteiger partial charge is 0.573 e. The van der Waals surface area contributed by atoms with Gasteiger partial charge in [0.2, 0.25) is 11.7 Å². The lowest BCUT2D eigenvalue weighted by atomic mass is 10.1. The third kappa shape index (κ3) is 6.16. The monoisotopic (exact) mass is 490 g/mol. The Labute approximate surface area is 197 Å². The first-order valence-corrected chi connectivity index (χ1v) is 10.5. The summed E-state index contributed by atoms with van der Waals surface area (Å²) in [4.78, 5) is 16.7. The summed E-state index contributed by atoms with van der Waals surface area (Å²) >= 11 is 5.87. The van der Waals surface area contributed by atoms with Crippen molar-refractivity contribution in [3.05, 3.63) is 77.4 Å². The van der Waals surface area contributed by atoms with Gasteiger partial charge in [-0.15, -0.1) is 13.2 Å². The molecule has 34 heavy (non-hydrogen) atoms. The van der Waals surface area contributed by atoms with E-state index >= 15 is 0 Å². The Hall–Kier alpha value is -3.79. The first-order chi connectivity index (χ1) is 16.3. The summed E-state index contributed by atoms with van der Waals surface area (Å²) in [5, 5.41) is 7.40. The zero-order valence-electron chi connectivity index (χ0n) is 17.6. The lowest BCUT2D eigenvalue weighted by Gasteiger charge is -2.08. The first kappa shape index (κ1) is 23.4. The molecule has 2 aromatic heterocycles. The maximum Gasteiger partial charge on any atom is 0.573 e. The number of rotatable bonds is 8. The molecule has 0 saturated carbocycles. The molecule has 0 atom stereocenters. The summed E-state index contributed by atoms with van der Waals surface area (Å²) in [6.45, 7) is 0.514. The van der Waals surface area contributed by atoms with Crippen LogP contribution < -0.4 is 10.1 Å². The molecule has 0 bridgehead atoms. The number of hydrogen-bond acceptors (Lipinski definition) is 5. The maximum absolute atomic E-state index is 12.4. The highest BCUT2D eigenvalue weighted by Gasteiger charge is 2.31. The minimum Gasteiger partial charge on any atom is -0.406 e. The molecule has 0 aliphatic heterocycles. The van der Waals surface area contributed by atoms with E-state index in [1.807, 2.05) is 12.1 Å². The van der Waals surface area contributed by atoms with Gasteiger partial charge in [-0.2, -0.15) is 4.98 Å². The Morgan fingerprint density at radius 3 is 2.53 bits per heavy atom. The van der Waals surface area contributed by atoms with Gasteiger partial charge in [-0.25, -0.2) is 0 Å². The molecule has 0 radical (unpaired) electrons. The van der Waals surface area contributed by atoms with E-state index in [2.05, 4.69) is 20.2 Å². The van der Waals surface area contributed by atoms with Gasteiger partial charge in [-0.1, -0.05) is 28.9 Å². The third-order valence-corrected chi connectivity index (χ3v) is 5.04. The number of carbonyl (C=O) groups excluding carboxylic acids is 1. The second-order valence-electron chi connectivity index (χ2n) is 7.24. The molecule has 4 rings (SSSR count). The van der Waals surface area contributed by atoms with Crippen LogP contribution >= 0.6 is 11.6 Å². The van der Waals surface area contributed by atoms with Crippen LogP contribution in [0, 0.1) is 0 Å². The summed E-state index contributed by atoms with van der Waals surface area (Å²) < 4.78 is 47.8. The molecule has 0 aliphatic rings. The van der Waals surface area contributed by atoms with Crippen LogP contribution in [-0.2, 0) is 17.8 Å². The Bertz CT molecular complexity index is 1250. The zero-order valence-corrected chi connectivity index (χ0v) is 18.3. The Kier molecular flexibility index (Phi) is 6.87. The lowest BCUT2D eigenvalue weighted by Crippen LogP contribution is -2.29. The van der Waals surface area contributed by atoms with Crippen LogP contribution in [-0.4, -0.2) is 33.5 Å². The fourth-order valence-electron chi connectivity index (χ4n) is 3.20. The van der Waals surface area contributed by atoms with Crippen LogP contribution in [0.3, 0.4) is 0 Å².